The van der Waals surface area contributed by atoms with E-state index in [0.717, 1.165) is 21.5 Å². The third kappa shape index (κ3) is 2.83. The fourth-order valence-corrected chi connectivity index (χ4v) is 1.65. The van der Waals surface area contributed by atoms with Crippen LogP contribution in [0.3, 0.4) is 0 Å². The maximum atomic E-state index is 8.86. The highest BCUT2D eigenvalue weighted by Gasteiger charge is 2.01. The second-order valence-corrected chi connectivity index (χ2v) is 4.54. The molecule has 0 saturated heterocycles. The molecular formula is C13H10BrN3. The molecule has 2 aromatic rings. The van der Waals surface area contributed by atoms with Gasteiger partial charge in [0.25, 0.3) is 0 Å². The molecular weight excluding hydrogens is 278 g/mol. The number of pyridine rings is 1. The quantitative estimate of drug-likeness (QED) is 0.915. The second-order valence-electron chi connectivity index (χ2n) is 3.63. The molecule has 1 aromatic carbocycles. The lowest BCUT2D eigenvalue weighted by Gasteiger charge is -2.08. The summed E-state index contributed by atoms with van der Waals surface area (Å²) in [7, 11) is 0. The Kier molecular flexibility index (Phi) is 3.40. The van der Waals surface area contributed by atoms with Crippen molar-refractivity contribution in [1.29, 1.82) is 5.26 Å². The molecule has 0 aliphatic rings. The monoisotopic (exact) mass is 287 g/mol. The molecule has 0 aliphatic heterocycles. The molecule has 17 heavy (non-hydrogen) atoms. The Hall–Kier alpha value is -1.86. The van der Waals surface area contributed by atoms with Crippen LogP contribution >= 0.6 is 15.9 Å². The number of rotatable bonds is 2. The van der Waals surface area contributed by atoms with E-state index < -0.39 is 0 Å². The van der Waals surface area contributed by atoms with Gasteiger partial charge in [-0.3, -0.25) is 0 Å². The summed E-state index contributed by atoms with van der Waals surface area (Å²) in [6.45, 7) is 1.99. The van der Waals surface area contributed by atoms with E-state index in [-0.39, 0.29) is 0 Å². The summed E-state index contributed by atoms with van der Waals surface area (Å²) < 4.78 is 0.936. The van der Waals surface area contributed by atoms with Crippen LogP contribution in [0.2, 0.25) is 0 Å². The highest BCUT2D eigenvalue weighted by atomic mass is 79.9. The van der Waals surface area contributed by atoms with Crippen LogP contribution < -0.4 is 5.32 Å². The number of nitrogens with one attached hydrogen (secondary N) is 1. The van der Waals surface area contributed by atoms with Gasteiger partial charge in [0.1, 0.15) is 5.82 Å². The van der Waals surface area contributed by atoms with Crippen molar-refractivity contribution in [3.8, 4) is 6.07 Å². The molecule has 0 bridgehead atoms. The van der Waals surface area contributed by atoms with Crippen molar-refractivity contribution < 1.29 is 0 Å². The Labute approximate surface area is 108 Å². The molecule has 84 valence electrons. The zero-order chi connectivity index (χ0) is 12.3. The molecule has 0 radical (unpaired) electrons. The van der Waals surface area contributed by atoms with Gasteiger partial charge in [-0.25, -0.2) is 4.98 Å². The van der Waals surface area contributed by atoms with Gasteiger partial charge < -0.3 is 5.32 Å². The SMILES string of the molecule is Cc1ccc(C#N)cc1Nc1ccc(Br)cn1. The first-order valence-electron chi connectivity index (χ1n) is 5.08. The predicted octanol–water partition coefficient (Wildman–Crippen LogP) is 3.77. The van der Waals surface area contributed by atoms with Crippen LogP contribution in [0.5, 0.6) is 0 Å². The summed E-state index contributed by atoms with van der Waals surface area (Å²) in [6.07, 6.45) is 1.73. The molecule has 0 aliphatic carbocycles. The molecule has 0 fully saturated rings. The van der Waals surface area contributed by atoms with Crippen molar-refractivity contribution in [2.24, 2.45) is 0 Å². The van der Waals surface area contributed by atoms with Crippen molar-refractivity contribution >= 4 is 27.4 Å². The number of benzene rings is 1. The number of aryl methyl sites for hydroxylation is 1. The van der Waals surface area contributed by atoms with Crippen LogP contribution in [0.1, 0.15) is 11.1 Å². The summed E-state index contributed by atoms with van der Waals surface area (Å²) >= 11 is 3.33. The average molecular weight is 288 g/mol. The minimum atomic E-state index is 0.634. The van der Waals surface area contributed by atoms with E-state index in [2.05, 4.69) is 32.3 Å². The van der Waals surface area contributed by atoms with Gasteiger partial charge in [-0.15, -0.1) is 0 Å². The van der Waals surface area contributed by atoms with Crippen molar-refractivity contribution in [3.63, 3.8) is 0 Å². The number of nitriles is 1. The molecule has 0 atom stereocenters. The van der Waals surface area contributed by atoms with Crippen molar-refractivity contribution in [2.45, 2.75) is 6.92 Å². The third-order valence-electron chi connectivity index (χ3n) is 2.36. The zero-order valence-electron chi connectivity index (χ0n) is 9.24. The predicted molar refractivity (Wildman–Crippen MR) is 71.1 cm³/mol. The zero-order valence-corrected chi connectivity index (χ0v) is 10.8. The number of halogens is 1. The molecule has 0 saturated carbocycles. The number of anilines is 2. The van der Waals surface area contributed by atoms with Gasteiger partial charge in [0.15, 0.2) is 0 Å². The highest BCUT2D eigenvalue weighted by molar-refractivity contribution is 9.10. The molecule has 1 heterocycles. The maximum Gasteiger partial charge on any atom is 0.130 e. The van der Waals surface area contributed by atoms with Gasteiger partial charge in [-0.05, 0) is 52.7 Å². The minimum absolute atomic E-state index is 0.634. The Morgan fingerprint density at radius 1 is 1.29 bits per heavy atom. The first-order chi connectivity index (χ1) is 8.19. The normalized spacial score (nSPS) is 9.71. The standard InChI is InChI=1S/C13H10BrN3/c1-9-2-3-10(7-15)6-12(9)17-13-5-4-11(14)8-16-13/h2-6,8H,1H3,(H,16,17). The van der Waals surface area contributed by atoms with Crippen LogP contribution in [-0.2, 0) is 0 Å². The lowest BCUT2D eigenvalue weighted by Crippen LogP contribution is -1.95. The number of nitrogens with zero attached hydrogens (tertiary/aromatic N) is 2. The number of hydrogen-bond donors (Lipinski definition) is 1. The second kappa shape index (κ2) is 4.98. The molecule has 4 heteroatoms. The van der Waals surface area contributed by atoms with Gasteiger partial charge >= 0.3 is 0 Å². The first-order valence-corrected chi connectivity index (χ1v) is 5.87. The minimum Gasteiger partial charge on any atom is -0.340 e. The largest absolute Gasteiger partial charge is 0.340 e. The average Bonchev–Trinajstić information content (AvgIpc) is 2.35. The molecule has 2 rings (SSSR count). The van der Waals surface area contributed by atoms with E-state index in [1.54, 1.807) is 12.3 Å². The fourth-order valence-electron chi connectivity index (χ4n) is 1.41. The molecule has 0 unspecified atom stereocenters. The Balaban J connectivity index is 2.29. The summed E-state index contributed by atoms with van der Waals surface area (Å²) in [5.41, 5.74) is 2.61. The Morgan fingerprint density at radius 3 is 2.76 bits per heavy atom. The van der Waals surface area contributed by atoms with E-state index in [1.807, 2.05) is 31.2 Å². The van der Waals surface area contributed by atoms with Gasteiger partial charge in [0.05, 0.1) is 11.6 Å². The van der Waals surface area contributed by atoms with Gasteiger partial charge in [0.2, 0.25) is 0 Å². The van der Waals surface area contributed by atoms with Crippen LogP contribution in [-0.4, -0.2) is 4.98 Å². The van der Waals surface area contributed by atoms with Gasteiger partial charge in [-0.1, -0.05) is 6.07 Å². The van der Waals surface area contributed by atoms with Gasteiger partial charge in [-0.2, -0.15) is 5.26 Å². The van der Waals surface area contributed by atoms with E-state index >= 15 is 0 Å². The molecule has 0 spiro atoms. The lowest BCUT2D eigenvalue weighted by molar-refractivity contribution is 1.28. The smallest absolute Gasteiger partial charge is 0.130 e. The number of hydrogen-bond acceptors (Lipinski definition) is 3. The number of aromatic nitrogens is 1. The van der Waals surface area contributed by atoms with E-state index in [4.69, 9.17) is 5.26 Å². The van der Waals surface area contributed by atoms with Crippen molar-refractivity contribution in [2.75, 3.05) is 5.32 Å². The summed E-state index contributed by atoms with van der Waals surface area (Å²) in [5.74, 6) is 0.756. The van der Waals surface area contributed by atoms with Crippen molar-refractivity contribution in [3.05, 3.63) is 52.1 Å². The van der Waals surface area contributed by atoms with Crippen LogP contribution in [0.4, 0.5) is 11.5 Å². The summed E-state index contributed by atoms with van der Waals surface area (Å²) in [6, 6.07) is 11.5. The molecule has 1 N–H and O–H groups in total. The van der Waals surface area contributed by atoms with E-state index in [1.165, 1.54) is 0 Å². The summed E-state index contributed by atoms with van der Waals surface area (Å²) in [4.78, 5) is 4.23. The lowest BCUT2D eigenvalue weighted by atomic mass is 10.1. The molecule has 1 aromatic heterocycles. The third-order valence-corrected chi connectivity index (χ3v) is 2.83. The van der Waals surface area contributed by atoms with Gasteiger partial charge in [0, 0.05) is 16.4 Å². The highest BCUT2D eigenvalue weighted by Crippen LogP contribution is 2.21. The fraction of sp³-hybridized carbons (Fsp3) is 0.0769. The Bertz CT molecular complexity index is 570. The molecule has 3 nitrogen and oxygen atoms in total. The summed E-state index contributed by atoms with van der Waals surface area (Å²) in [5, 5.41) is 12.0. The maximum absolute atomic E-state index is 8.86. The van der Waals surface area contributed by atoms with E-state index in [9.17, 15) is 0 Å². The van der Waals surface area contributed by atoms with Crippen molar-refractivity contribution in [1.82, 2.24) is 4.98 Å². The van der Waals surface area contributed by atoms with E-state index in [0.29, 0.717) is 5.56 Å². The van der Waals surface area contributed by atoms with Crippen LogP contribution in [0.25, 0.3) is 0 Å². The molecule has 0 amide bonds. The Morgan fingerprint density at radius 2 is 2.12 bits per heavy atom. The topological polar surface area (TPSA) is 48.7 Å². The first kappa shape index (κ1) is 11.6. The van der Waals surface area contributed by atoms with Crippen LogP contribution in [0, 0.1) is 18.3 Å². The van der Waals surface area contributed by atoms with Crippen LogP contribution in [0.15, 0.2) is 41.0 Å².